The Balaban J connectivity index is 1.78. The minimum Gasteiger partial charge on any atom is -0.480 e. The van der Waals surface area contributed by atoms with E-state index in [4.69, 9.17) is 0 Å². The summed E-state index contributed by atoms with van der Waals surface area (Å²) in [4.78, 5) is 23.9. The lowest BCUT2D eigenvalue weighted by Gasteiger charge is -2.33. The standard InChI is InChI=1S/C16H20N2O4/c19-16(20)15-9-12-3-1-2-4-14(12)17(15)10-11-5-7-13(8-6-11)18(21)22/h5-8,12,14-15H,1-4,9-10H2,(H,19,20)/t12-,14+,15+/m1/s1. The van der Waals surface area contributed by atoms with Crippen LogP contribution in [0, 0.1) is 16.0 Å². The number of nitro benzene ring substituents is 1. The molecule has 2 fully saturated rings. The van der Waals surface area contributed by atoms with E-state index in [2.05, 4.69) is 4.90 Å². The Bertz CT molecular complexity index is 572. The lowest BCUT2D eigenvalue weighted by atomic mass is 9.84. The number of fused-ring (bicyclic) bond motifs is 1. The number of carbonyl (C=O) groups is 1. The average molecular weight is 304 g/mol. The molecule has 0 bridgehead atoms. The van der Waals surface area contributed by atoms with Gasteiger partial charge >= 0.3 is 5.97 Å². The summed E-state index contributed by atoms with van der Waals surface area (Å²) in [7, 11) is 0. The van der Waals surface area contributed by atoms with Crippen LogP contribution in [0.15, 0.2) is 24.3 Å². The predicted octanol–water partition coefficient (Wildman–Crippen LogP) is 2.81. The predicted molar refractivity (Wildman–Crippen MR) is 80.4 cm³/mol. The van der Waals surface area contributed by atoms with Gasteiger partial charge in [-0.05, 0) is 30.7 Å². The molecule has 0 amide bonds. The first-order valence-electron chi connectivity index (χ1n) is 7.78. The molecule has 118 valence electrons. The van der Waals surface area contributed by atoms with Crippen molar-refractivity contribution in [2.75, 3.05) is 0 Å². The van der Waals surface area contributed by atoms with Gasteiger partial charge in [-0.15, -0.1) is 0 Å². The molecule has 1 saturated carbocycles. The first-order chi connectivity index (χ1) is 10.6. The fraction of sp³-hybridized carbons (Fsp3) is 0.562. The Labute approximate surface area is 128 Å². The second-order valence-corrected chi connectivity index (χ2v) is 6.30. The van der Waals surface area contributed by atoms with Gasteiger partial charge in [0.2, 0.25) is 0 Å². The molecule has 0 aromatic heterocycles. The van der Waals surface area contributed by atoms with Crippen LogP contribution in [0.4, 0.5) is 5.69 Å². The summed E-state index contributed by atoms with van der Waals surface area (Å²) in [6.45, 7) is 0.552. The number of likely N-dealkylation sites (tertiary alicyclic amines) is 1. The van der Waals surface area contributed by atoms with E-state index in [1.165, 1.54) is 18.6 Å². The molecule has 0 radical (unpaired) electrons. The highest BCUT2D eigenvalue weighted by atomic mass is 16.6. The number of nitrogens with zero attached hydrogens (tertiary/aromatic N) is 2. The summed E-state index contributed by atoms with van der Waals surface area (Å²) in [5.74, 6) is -0.274. The molecule has 0 unspecified atom stereocenters. The molecule has 1 aliphatic carbocycles. The largest absolute Gasteiger partial charge is 0.480 e. The van der Waals surface area contributed by atoms with E-state index < -0.39 is 16.9 Å². The first-order valence-corrected chi connectivity index (χ1v) is 7.78. The van der Waals surface area contributed by atoms with Crippen molar-refractivity contribution in [1.29, 1.82) is 0 Å². The molecule has 1 aromatic carbocycles. The molecule has 6 nitrogen and oxygen atoms in total. The molecule has 6 heteroatoms. The number of carboxylic acid groups (broad SMARTS) is 1. The van der Waals surface area contributed by atoms with Crippen LogP contribution in [0.1, 0.15) is 37.7 Å². The van der Waals surface area contributed by atoms with Gasteiger partial charge in [0.1, 0.15) is 6.04 Å². The molecule has 3 atom stereocenters. The van der Waals surface area contributed by atoms with E-state index >= 15 is 0 Å². The van der Waals surface area contributed by atoms with Gasteiger partial charge in [0.15, 0.2) is 0 Å². The molecule has 3 rings (SSSR count). The molecule has 1 heterocycles. The zero-order chi connectivity index (χ0) is 15.7. The van der Waals surface area contributed by atoms with Gasteiger partial charge in [0.25, 0.3) is 5.69 Å². The number of benzene rings is 1. The van der Waals surface area contributed by atoms with E-state index in [0.29, 0.717) is 18.5 Å². The lowest BCUT2D eigenvalue weighted by molar-refractivity contribution is -0.384. The van der Waals surface area contributed by atoms with Gasteiger partial charge in [-0.25, -0.2) is 0 Å². The maximum Gasteiger partial charge on any atom is 0.320 e. The summed E-state index contributed by atoms with van der Waals surface area (Å²) in [6, 6.07) is 6.34. The minimum absolute atomic E-state index is 0.0653. The maximum atomic E-state index is 11.6. The minimum atomic E-state index is -0.753. The van der Waals surface area contributed by atoms with Gasteiger partial charge in [0, 0.05) is 24.7 Å². The van der Waals surface area contributed by atoms with E-state index in [1.54, 1.807) is 12.1 Å². The molecule has 1 aromatic rings. The third-order valence-electron chi connectivity index (χ3n) is 5.02. The van der Waals surface area contributed by atoms with Gasteiger partial charge in [-0.2, -0.15) is 0 Å². The van der Waals surface area contributed by atoms with E-state index in [0.717, 1.165) is 31.2 Å². The molecular formula is C16H20N2O4. The molecular weight excluding hydrogens is 284 g/mol. The Hall–Kier alpha value is -1.95. The van der Waals surface area contributed by atoms with Crippen molar-refractivity contribution in [3.63, 3.8) is 0 Å². The van der Waals surface area contributed by atoms with Crippen LogP contribution in [0.25, 0.3) is 0 Å². The van der Waals surface area contributed by atoms with Crippen LogP contribution in [0.5, 0.6) is 0 Å². The van der Waals surface area contributed by atoms with Crippen molar-refractivity contribution in [1.82, 2.24) is 4.90 Å². The second kappa shape index (κ2) is 6.04. The molecule has 1 N–H and O–H groups in total. The van der Waals surface area contributed by atoms with Gasteiger partial charge in [0.05, 0.1) is 4.92 Å². The Morgan fingerprint density at radius 2 is 1.95 bits per heavy atom. The average Bonchev–Trinajstić information content (AvgIpc) is 2.87. The number of non-ortho nitro benzene ring substituents is 1. The number of rotatable bonds is 4. The normalized spacial score (nSPS) is 28.3. The number of carboxylic acids is 1. The van der Waals surface area contributed by atoms with E-state index in [-0.39, 0.29) is 5.69 Å². The zero-order valence-electron chi connectivity index (χ0n) is 12.4. The van der Waals surface area contributed by atoms with Crippen molar-refractivity contribution < 1.29 is 14.8 Å². The fourth-order valence-corrected chi connectivity index (χ4v) is 3.96. The number of hydrogen-bond acceptors (Lipinski definition) is 4. The smallest absolute Gasteiger partial charge is 0.320 e. The van der Waals surface area contributed by atoms with Gasteiger partial charge in [-0.3, -0.25) is 19.8 Å². The molecule has 1 saturated heterocycles. The Morgan fingerprint density at radius 3 is 2.59 bits per heavy atom. The highest BCUT2D eigenvalue weighted by Crippen LogP contribution is 2.40. The van der Waals surface area contributed by atoms with Gasteiger partial charge in [-0.1, -0.05) is 25.0 Å². The molecule has 0 spiro atoms. The molecule has 1 aliphatic heterocycles. The van der Waals surface area contributed by atoms with Crippen LogP contribution in [0.2, 0.25) is 0 Å². The number of nitro groups is 1. The van der Waals surface area contributed by atoms with Crippen LogP contribution in [-0.2, 0) is 11.3 Å². The zero-order valence-corrected chi connectivity index (χ0v) is 12.4. The maximum absolute atomic E-state index is 11.6. The third kappa shape index (κ3) is 2.83. The van der Waals surface area contributed by atoms with Gasteiger partial charge < -0.3 is 5.11 Å². The number of aliphatic carboxylic acids is 1. The summed E-state index contributed by atoms with van der Waals surface area (Å²) < 4.78 is 0. The molecule has 22 heavy (non-hydrogen) atoms. The monoisotopic (exact) mass is 304 g/mol. The highest BCUT2D eigenvalue weighted by molar-refractivity contribution is 5.74. The van der Waals surface area contributed by atoms with Crippen molar-refractivity contribution in [2.24, 2.45) is 5.92 Å². The van der Waals surface area contributed by atoms with Crippen molar-refractivity contribution >= 4 is 11.7 Å². The molecule has 2 aliphatic rings. The van der Waals surface area contributed by atoms with Crippen molar-refractivity contribution in [3.05, 3.63) is 39.9 Å². The lowest BCUT2D eigenvalue weighted by Crippen LogP contribution is -2.41. The Kier molecular flexibility index (Phi) is 4.11. The quantitative estimate of drug-likeness (QED) is 0.683. The second-order valence-electron chi connectivity index (χ2n) is 6.30. The first kappa shape index (κ1) is 15.0. The van der Waals surface area contributed by atoms with E-state index in [1.807, 2.05) is 0 Å². The summed E-state index contributed by atoms with van der Waals surface area (Å²) in [6.07, 6.45) is 5.25. The summed E-state index contributed by atoms with van der Waals surface area (Å²) >= 11 is 0. The Morgan fingerprint density at radius 1 is 1.27 bits per heavy atom. The van der Waals surface area contributed by atoms with Crippen LogP contribution in [0.3, 0.4) is 0 Å². The van der Waals surface area contributed by atoms with Crippen molar-refractivity contribution in [2.45, 2.75) is 50.7 Å². The fourth-order valence-electron chi connectivity index (χ4n) is 3.96. The number of hydrogen-bond donors (Lipinski definition) is 1. The van der Waals surface area contributed by atoms with E-state index in [9.17, 15) is 20.0 Å². The van der Waals surface area contributed by atoms with Crippen LogP contribution >= 0.6 is 0 Å². The topological polar surface area (TPSA) is 83.7 Å². The van der Waals surface area contributed by atoms with Crippen LogP contribution in [-0.4, -0.2) is 33.0 Å². The van der Waals surface area contributed by atoms with Crippen LogP contribution < -0.4 is 0 Å². The SMILES string of the molecule is O=C(O)[C@@H]1C[C@H]2CCCC[C@@H]2N1Cc1ccc([N+](=O)[O-])cc1. The summed E-state index contributed by atoms with van der Waals surface area (Å²) in [5, 5.41) is 20.2. The highest BCUT2D eigenvalue weighted by Gasteiger charge is 2.44. The van der Waals surface area contributed by atoms with Crippen molar-refractivity contribution in [3.8, 4) is 0 Å². The summed E-state index contributed by atoms with van der Waals surface area (Å²) in [5.41, 5.74) is 0.999. The third-order valence-corrected chi connectivity index (χ3v) is 5.02.